The van der Waals surface area contributed by atoms with E-state index in [9.17, 15) is 9.09 Å². The Morgan fingerprint density at radius 1 is 1.75 bits per heavy atom. The van der Waals surface area contributed by atoms with E-state index in [0.717, 1.165) is 0 Å². The van der Waals surface area contributed by atoms with E-state index in [-0.39, 0.29) is 45.5 Å². The van der Waals surface area contributed by atoms with Crippen LogP contribution in [0.15, 0.2) is 0 Å². The van der Waals surface area contributed by atoms with Gasteiger partial charge in [0.15, 0.2) is 0 Å². The Labute approximate surface area is 86.9 Å². The molecule has 1 atom stereocenters. The number of phosphoric acid groups is 1. The van der Waals surface area contributed by atoms with Crippen molar-refractivity contribution >= 4 is 65.2 Å². The molecule has 0 amide bonds. The Hall–Kier alpha value is 1.81. The molecular formula is H3ClFO4PSr. The minimum atomic E-state index is -4.56. The standard InChI is InChI=1S/ClFHO4P.Sr.2H/c1-5-7(3,4)6-2;;;/h(H,3,4);;;. The Morgan fingerprint density at radius 3 is 2.12 bits per heavy atom. The van der Waals surface area contributed by atoms with Gasteiger partial charge in [-0.15, -0.1) is 0 Å². The third-order valence-electron chi connectivity index (χ3n) is 0.174. The zero-order valence-corrected chi connectivity index (χ0v) is 4.53. The number of hydrogen-bond donors (Lipinski definition) is 1. The van der Waals surface area contributed by atoms with E-state index in [1.807, 2.05) is 0 Å². The van der Waals surface area contributed by atoms with Crippen molar-refractivity contribution in [3.05, 3.63) is 0 Å². The summed E-state index contributed by atoms with van der Waals surface area (Å²) < 4.78 is 25.5. The molecule has 0 aromatic heterocycles. The first-order valence-corrected chi connectivity index (χ1v) is 2.86. The molecule has 0 radical (unpaired) electrons. The van der Waals surface area contributed by atoms with E-state index in [1.165, 1.54) is 0 Å². The summed E-state index contributed by atoms with van der Waals surface area (Å²) in [7, 11) is -4.56. The average molecular weight is 240 g/mol. The Balaban J connectivity index is 0. The molecule has 1 unspecified atom stereocenters. The molecule has 0 bridgehead atoms. The molecule has 0 aromatic rings. The maximum absolute atomic E-state index is 10.5. The van der Waals surface area contributed by atoms with Gasteiger partial charge in [0.25, 0.3) is 0 Å². The molecule has 8 heavy (non-hydrogen) atoms. The van der Waals surface area contributed by atoms with Gasteiger partial charge in [0.2, 0.25) is 0 Å². The van der Waals surface area contributed by atoms with E-state index in [0.29, 0.717) is 0 Å². The molecule has 4 nitrogen and oxygen atoms in total. The first-order chi connectivity index (χ1) is 3.12. The summed E-state index contributed by atoms with van der Waals surface area (Å²) in [5.74, 6) is 0. The zero-order valence-electron chi connectivity index (χ0n) is 2.88. The van der Waals surface area contributed by atoms with Crippen molar-refractivity contribution in [1.82, 2.24) is 0 Å². The molecule has 0 rings (SSSR count). The van der Waals surface area contributed by atoms with Crippen LogP contribution in [0, 0.1) is 0 Å². The molecule has 0 aliphatic carbocycles. The van der Waals surface area contributed by atoms with E-state index in [2.05, 4.69) is 20.7 Å². The van der Waals surface area contributed by atoms with Crippen LogP contribution in [0.4, 0.5) is 4.53 Å². The van der Waals surface area contributed by atoms with Crippen LogP contribution in [0.2, 0.25) is 0 Å². The van der Waals surface area contributed by atoms with Crippen LogP contribution in [-0.2, 0) is 13.4 Å². The molecule has 48 valence electrons. The fourth-order valence-corrected chi connectivity index (χ4v) is 0.0958. The molecule has 0 aromatic carbocycles. The topological polar surface area (TPSA) is 55.8 Å². The van der Waals surface area contributed by atoms with E-state index >= 15 is 0 Å². The maximum atomic E-state index is 10.5. The first kappa shape index (κ1) is 12.5. The van der Waals surface area contributed by atoms with Crippen LogP contribution in [0.3, 0.4) is 0 Å². The van der Waals surface area contributed by atoms with Gasteiger partial charge in [0.1, 0.15) is 0 Å². The van der Waals surface area contributed by atoms with Crippen LogP contribution >= 0.6 is 19.7 Å². The predicted octanol–water partition coefficient (Wildman–Crippen LogP) is 0.242. The molecule has 0 saturated heterocycles. The van der Waals surface area contributed by atoms with Gasteiger partial charge in [-0.05, 0) is 4.53 Å². The van der Waals surface area contributed by atoms with E-state index < -0.39 is 7.82 Å². The predicted molar refractivity (Wildman–Crippen MR) is 27.5 cm³/mol. The molecule has 0 aliphatic heterocycles. The SMILES string of the molecule is O=P(O)(OF)OCl.[SrH2]. The average Bonchev–Trinajstić information content (AvgIpc) is 1.68. The molecule has 1 N–H and O–H groups in total. The normalized spacial score (nSPS) is 16.4. The zero-order chi connectivity index (χ0) is 5.91. The summed E-state index contributed by atoms with van der Waals surface area (Å²) in [4.78, 5) is 7.74. The molecule has 0 fully saturated rings. The molecule has 0 heterocycles. The van der Waals surface area contributed by atoms with Gasteiger partial charge in [-0.3, -0.25) is 4.89 Å². The summed E-state index contributed by atoms with van der Waals surface area (Å²) in [6.07, 6.45) is 0. The van der Waals surface area contributed by atoms with Crippen molar-refractivity contribution < 1.29 is 22.8 Å². The van der Waals surface area contributed by atoms with Crippen molar-refractivity contribution in [1.29, 1.82) is 0 Å². The van der Waals surface area contributed by atoms with Gasteiger partial charge >= 0.3 is 53.3 Å². The van der Waals surface area contributed by atoms with Crippen LogP contribution in [0.25, 0.3) is 0 Å². The van der Waals surface area contributed by atoms with Gasteiger partial charge in [-0.25, -0.2) is 4.57 Å². The van der Waals surface area contributed by atoms with Crippen LogP contribution in [0.5, 0.6) is 0 Å². The van der Waals surface area contributed by atoms with Crippen LogP contribution in [-0.4, -0.2) is 50.4 Å². The van der Waals surface area contributed by atoms with E-state index in [4.69, 9.17) is 4.89 Å². The molecule has 8 heteroatoms. The molecule has 0 aliphatic rings. The quantitative estimate of drug-likeness (QED) is 0.555. The van der Waals surface area contributed by atoms with Gasteiger partial charge in [0.05, 0.1) is 11.9 Å². The fraction of sp³-hybridized carbons (Fsp3) is 0. The van der Waals surface area contributed by atoms with Gasteiger partial charge in [0, 0.05) is 0 Å². The second-order valence-electron chi connectivity index (χ2n) is 0.607. The van der Waals surface area contributed by atoms with Crippen molar-refractivity contribution in [2.75, 3.05) is 0 Å². The summed E-state index contributed by atoms with van der Waals surface area (Å²) in [6, 6.07) is 0. The van der Waals surface area contributed by atoms with E-state index in [1.54, 1.807) is 0 Å². The van der Waals surface area contributed by atoms with Gasteiger partial charge < -0.3 is 0 Å². The van der Waals surface area contributed by atoms with Crippen molar-refractivity contribution in [2.45, 2.75) is 0 Å². The van der Waals surface area contributed by atoms with Crippen molar-refractivity contribution in [3.8, 4) is 0 Å². The van der Waals surface area contributed by atoms with Crippen LogP contribution < -0.4 is 0 Å². The Kier molecular flexibility index (Phi) is 8.71. The van der Waals surface area contributed by atoms with Crippen molar-refractivity contribution in [3.63, 3.8) is 0 Å². The second-order valence-corrected chi connectivity index (χ2v) is 2.23. The monoisotopic (exact) mass is 240 g/mol. The number of halogens is 2. The minimum absolute atomic E-state index is 0. The third kappa shape index (κ3) is 5.94. The number of hydrogen-bond acceptors (Lipinski definition) is 3. The molecule has 0 spiro atoms. The molecular weight excluding hydrogens is 237 g/mol. The summed E-state index contributed by atoms with van der Waals surface area (Å²) in [5.41, 5.74) is 0. The van der Waals surface area contributed by atoms with Crippen molar-refractivity contribution in [2.24, 2.45) is 0 Å². The fourth-order valence-electron chi connectivity index (χ4n) is 0.0106. The Bertz CT molecular complexity index is 88.0. The second kappa shape index (κ2) is 5.58. The van der Waals surface area contributed by atoms with Crippen LogP contribution in [0.1, 0.15) is 0 Å². The molecule has 0 saturated carbocycles. The summed E-state index contributed by atoms with van der Waals surface area (Å²) in [5, 5.41) is 0. The first-order valence-electron chi connectivity index (χ1n) is 1.06. The third-order valence-corrected chi connectivity index (χ3v) is 1.05. The van der Waals surface area contributed by atoms with Gasteiger partial charge in [-0.1, -0.05) is 4.73 Å². The summed E-state index contributed by atoms with van der Waals surface area (Å²) >= 11 is 4.22. The number of rotatable bonds is 2. The van der Waals surface area contributed by atoms with Gasteiger partial charge in [-0.2, -0.15) is 4.08 Å². The Morgan fingerprint density at radius 2 is 2.12 bits per heavy atom. The summed E-state index contributed by atoms with van der Waals surface area (Å²) in [6.45, 7) is 0.